The predicted octanol–water partition coefficient (Wildman–Crippen LogP) is 6.04. The normalized spacial score (nSPS) is 12.2. The van der Waals surface area contributed by atoms with E-state index in [0.717, 1.165) is 32.0 Å². The Labute approximate surface area is 183 Å². The molecule has 0 fully saturated rings. The Morgan fingerprint density at radius 1 is 0.933 bits per heavy atom. The SMILES string of the molecule is CCC(C)(C)C(=O)OCC(=O)OC(C)(C)c1ccc2c(S)c3ccccc3cc2c1. The lowest BCUT2D eigenvalue weighted by molar-refractivity contribution is -0.172. The van der Waals surface area contributed by atoms with E-state index in [1.54, 1.807) is 13.8 Å². The Bertz CT molecular complexity index is 1110. The second kappa shape index (κ2) is 8.31. The zero-order valence-corrected chi connectivity index (χ0v) is 19.0. The van der Waals surface area contributed by atoms with E-state index in [9.17, 15) is 9.59 Å². The zero-order chi connectivity index (χ0) is 22.1. The fraction of sp³-hybridized carbons (Fsp3) is 0.360. The Morgan fingerprint density at radius 3 is 2.30 bits per heavy atom. The maximum Gasteiger partial charge on any atom is 0.345 e. The molecule has 0 aromatic heterocycles. The Balaban J connectivity index is 1.80. The van der Waals surface area contributed by atoms with E-state index in [1.165, 1.54) is 0 Å². The van der Waals surface area contributed by atoms with Crippen molar-refractivity contribution in [1.82, 2.24) is 0 Å². The van der Waals surface area contributed by atoms with Crippen LogP contribution in [0.1, 0.15) is 46.6 Å². The monoisotopic (exact) mass is 424 g/mol. The van der Waals surface area contributed by atoms with E-state index >= 15 is 0 Å². The quantitative estimate of drug-likeness (QED) is 0.298. The molecule has 158 valence electrons. The maximum atomic E-state index is 12.3. The Hall–Kier alpha value is -2.53. The minimum absolute atomic E-state index is 0.398. The fourth-order valence-corrected chi connectivity index (χ4v) is 3.67. The molecule has 0 amide bonds. The van der Waals surface area contributed by atoms with Crippen molar-refractivity contribution < 1.29 is 19.1 Å². The average molecular weight is 425 g/mol. The van der Waals surface area contributed by atoms with Crippen LogP contribution in [0.3, 0.4) is 0 Å². The molecule has 0 saturated carbocycles. The van der Waals surface area contributed by atoms with E-state index in [-0.39, 0.29) is 0 Å². The molecule has 5 heteroatoms. The molecule has 0 aliphatic heterocycles. The summed E-state index contributed by atoms with van der Waals surface area (Å²) in [4.78, 5) is 25.3. The van der Waals surface area contributed by atoms with Gasteiger partial charge in [0.15, 0.2) is 6.61 Å². The number of thiol groups is 1. The van der Waals surface area contributed by atoms with Crippen LogP contribution in [0.4, 0.5) is 0 Å². The van der Waals surface area contributed by atoms with Crippen LogP contribution in [0.2, 0.25) is 0 Å². The van der Waals surface area contributed by atoms with E-state index in [0.29, 0.717) is 6.42 Å². The number of esters is 2. The van der Waals surface area contributed by atoms with Crippen molar-refractivity contribution in [2.24, 2.45) is 5.41 Å². The predicted molar refractivity (Wildman–Crippen MR) is 123 cm³/mol. The number of ether oxygens (including phenoxy) is 2. The van der Waals surface area contributed by atoms with Gasteiger partial charge in [0.05, 0.1) is 5.41 Å². The number of carbonyl (C=O) groups excluding carboxylic acids is 2. The van der Waals surface area contributed by atoms with Gasteiger partial charge in [-0.05, 0) is 73.4 Å². The summed E-state index contributed by atoms with van der Waals surface area (Å²) in [6.45, 7) is 8.74. The summed E-state index contributed by atoms with van der Waals surface area (Å²) in [7, 11) is 0. The van der Waals surface area contributed by atoms with Crippen molar-refractivity contribution in [3.05, 3.63) is 54.1 Å². The van der Waals surface area contributed by atoms with Crippen LogP contribution < -0.4 is 0 Å². The molecule has 0 heterocycles. The number of benzene rings is 3. The fourth-order valence-electron chi connectivity index (χ4n) is 3.26. The lowest BCUT2D eigenvalue weighted by atomic mass is 9.91. The smallest absolute Gasteiger partial charge is 0.345 e. The van der Waals surface area contributed by atoms with Gasteiger partial charge in [0.2, 0.25) is 0 Å². The van der Waals surface area contributed by atoms with Crippen LogP contribution in [0.25, 0.3) is 21.5 Å². The van der Waals surface area contributed by atoms with Gasteiger partial charge < -0.3 is 9.47 Å². The van der Waals surface area contributed by atoms with Crippen LogP contribution in [0.15, 0.2) is 53.4 Å². The number of hydrogen-bond donors (Lipinski definition) is 1. The van der Waals surface area contributed by atoms with Crippen LogP contribution in [-0.4, -0.2) is 18.5 Å². The Kier molecular flexibility index (Phi) is 6.14. The summed E-state index contributed by atoms with van der Waals surface area (Å²) < 4.78 is 10.8. The highest BCUT2D eigenvalue weighted by atomic mass is 32.1. The third kappa shape index (κ3) is 4.46. The molecular formula is C25H28O4S. The second-order valence-electron chi connectivity index (χ2n) is 8.68. The third-order valence-corrected chi connectivity index (χ3v) is 6.14. The molecule has 0 radical (unpaired) electrons. The minimum atomic E-state index is -0.875. The molecule has 30 heavy (non-hydrogen) atoms. The number of fused-ring (bicyclic) bond motifs is 2. The zero-order valence-electron chi connectivity index (χ0n) is 18.1. The van der Waals surface area contributed by atoms with Gasteiger partial charge in [-0.2, -0.15) is 0 Å². The molecular weight excluding hydrogens is 396 g/mol. The van der Waals surface area contributed by atoms with Crippen molar-refractivity contribution in [2.45, 2.75) is 51.5 Å². The molecule has 0 aliphatic rings. The molecule has 0 N–H and O–H groups in total. The molecule has 0 saturated heterocycles. The van der Waals surface area contributed by atoms with Gasteiger partial charge in [0.1, 0.15) is 5.60 Å². The summed E-state index contributed by atoms with van der Waals surface area (Å²) in [6, 6.07) is 16.2. The largest absolute Gasteiger partial charge is 0.453 e. The molecule has 4 nitrogen and oxygen atoms in total. The van der Waals surface area contributed by atoms with Crippen molar-refractivity contribution in [2.75, 3.05) is 6.61 Å². The van der Waals surface area contributed by atoms with Crippen LogP contribution in [-0.2, 0) is 24.7 Å². The molecule has 0 bridgehead atoms. The first kappa shape index (κ1) is 22.2. The van der Waals surface area contributed by atoms with Gasteiger partial charge >= 0.3 is 11.9 Å². The van der Waals surface area contributed by atoms with Crippen molar-refractivity contribution in [3.63, 3.8) is 0 Å². The first-order valence-electron chi connectivity index (χ1n) is 10.1. The van der Waals surface area contributed by atoms with Crippen LogP contribution in [0, 0.1) is 5.41 Å². The molecule has 3 aromatic rings. The van der Waals surface area contributed by atoms with Gasteiger partial charge in [0.25, 0.3) is 0 Å². The standard InChI is InChI=1S/C25H28O4S/c1-6-24(2,3)23(27)28-15-21(26)29-25(4,5)18-11-12-20-17(14-18)13-16-9-7-8-10-19(16)22(20)30/h7-14,30H,6,15H2,1-5H3. The van der Waals surface area contributed by atoms with Crippen molar-refractivity contribution in [3.8, 4) is 0 Å². The van der Waals surface area contributed by atoms with Gasteiger partial charge in [-0.15, -0.1) is 12.6 Å². The lowest BCUT2D eigenvalue weighted by Gasteiger charge is -2.27. The molecule has 0 aliphatic carbocycles. The second-order valence-corrected chi connectivity index (χ2v) is 9.13. The summed E-state index contributed by atoms with van der Waals surface area (Å²) in [5.41, 5.74) is -0.645. The summed E-state index contributed by atoms with van der Waals surface area (Å²) in [5, 5.41) is 4.27. The van der Waals surface area contributed by atoms with Gasteiger partial charge in [-0.3, -0.25) is 4.79 Å². The molecule has 0 spiro atoms. The average Bonchev–Trinajstić information content (AvgIpc) is 2.71. The summed E-state index contributed by atoms with van der Waals surface area (Å²) in [5.74, 6) is -0.979. The van der Waals surface area contributed by atoms with E-state index in [2.05, 4.69) is 18.2 Å². The lowest BCUT2D eigenvalue weighted by Crippen LogP contribution is -2.31. The third-order valence-electron chi connectivity index (χ3n) is 5.66. The number of rotatable bonds is 6. The van der Waals surface area contributed by atoms with Crippen LogP contribution >= 0.6 is 12.6 Å². The van der Waals surface area contributed by atoms with Gasteiger partial charge in [0, 0.05) is 4.90 Å². The highest BCUT2D eigenvalue weighted by Crippen LogP contribution is 2.34. The molecule has 3 aromatic carbocycles. The summed E-state index contributed by atoms with van der Waals surface area (Å²) >= 11 is 4.72. The highest BCUT2D eigenvalue weighted by molar-refractivity contribution is 7.80. The maximum absolute atomic E-state index is 12.3. The van der Waals surface area contributed by atoms with E-state index in [1.807, 2.05) is 51.1 Å². The Morgan fingerprint density at radius 2 is 1.60 bits per heavy atom. The van der Waals surface area contributed by atoms with Crippen molar-refractivity contribution in [1.29, 1.82) is 0 Å². The van der Waals surface area contributed by atoms with Gasteiger partial charge in [-0.25, -0.2) is 4.79 Å². The topological polar surface area (TPSA) is 52.6 Å². The van der Waals surface area contributed by atoms with Gasteiger partial charge in [-0.1, -0.05) is 43.3 Å². The van der Waals surface area contributed by atoms with E-state index < -0.39 is 29.6 Å². The summed E-state index contributed by atoms with van der Waals surface area (Å²) in [6.07, 6.45) is 0.630. The first-order chi connectivity index (χ1) is 14.0. The first-order valence-corrected chi connectivity index (χ1v) is 10.5. The highest BCUT2D eigenvalue weighted by Gasteiger charge is 2.30. The minimum Gasteiger partial charge on any atom is -0.453 e. The van der Waals surface area contributed by atoms with Crippen LogP contribution in [0.5, 0.6) is 0 Å². The number of carbonyl (C=O) groups is 2. The van der Waals surface area contributed by atoms with E-state index in [4.69, 9.17) is 22.1 Å². The molecule has 0 atom stereocenters. The molecule has 0 unspecified atom stereocenters. The number of hydrogen-bond acceptors (Lipinski definition) is 5. The van der Waals surface area contributed by atoms with Crippen molar-refractivity contribution >= 4 is 46.1 Å². The molecule has 3 rings (SSSR count).